The second-order valence-electron chi connectivity index (χ2n) is 4.01. The van der Waals surface area contributed by atoms with Crippen molar-refractivity contribution in [2.75, 3.05) is 7.11 Å². The van der Waals surface area contributed by atoms with Crippen molar-refractivity contribution in [1.29, 1.82) is 0 Å². The molecule has 0 aliphatic rings. The highest BCUT2D eigenvalue weighted by molar-refractivity contribution is 6.01. The predicted octanol–water partition coefficient (Wildman–Crippen LogP) is 0.776. The van der Waals surface area contributed by atoms with Crippen LogP contribution < -0.4 is 10.1 Å². The Morgan fingerprint density at radius 1 is 1.47 bits per heavy atom. The van der Waals surface area contributed by atoms with Crippen LogP contribution in [0.25, 0.3) is 0 Å². The van der Waals surface area contributed by atoms with Gasteiger partial charge in [-0.05, 0) is 24.6 Å². The number of nitrogens with one attached hydrogen (secondary N) is 1. The van der Waals surface area contributed by atoms with Gasteiger partial charge in [0.05, 0.1) is 12.7 Å². The molecule has 6 heteroatoms. The summed E-state index contributed by atoms with van der Waals surface area (Å²) in [7, 11) is 1.43. The Hall–Kier alpha value is -2.37. The van der Waals surface area contributed by atoms with Crippen LogP contribution in [-0.2, 0) is 9.59 Å². The van der Waals surface area contributed by atoms with E-state index in [4.69, 9.17) is 9.84 Å². The molecule has 0 radical (unpaired) electrons. The maximum atomic E-state index is 12.0. The zero-order chi connectivity index (χ0) is 14.4. The summed E-state index contributed by atoms with van der Waals surface area (Å²) in [5.74, 6) is -1.27. The maximum Gasteiger partial charge on any atom is 0.326 e. The third-order valence-corrected chi connectivity index (χ3v) is 2.61. The number of aryl methyl sites for hydroxylation is 1. The fraction of sp³-hybridized carbons (Fsp3) is 0.308. The van der Waals surface area contributed by atoms with Crippen LogP contribution in [0.3, 0.4) is 0 Å². The number of ketones is 1. The Morgan fingerprint density at radius 3 is 2.68 bits per heavy atom. The average molecular weight is 265 g/mol. The number of carboxylic acid groups (broad SMARTS) is 1. The summed E-state index contributed by atoms with van der Waals surface area (Å²) >= 11 is 0. The number of hydrogen-bond acceptors (Lipinski definition) is 4. The number of ether oxygens (including phenoxy) is 1. The van der Waals surface area contributed by atoms with Gasteiger partial charge in [0, 0.05) is 6.42 Å². The van der Waals surface area contributed by atoms with Crippen LogP contribution in [0.4, 0.5) is 0 Å². The predicted molar refractivity (Wildman–Crippen MR) is 67.3 cm³/mol. The molecule has 0 aromatic heterocycles. The number of Topliss-reactive ketones (excluding diaryl/α,β-unsaturated/α-hetero) is 1. The van der Waals surface area contributed by atoms with Gasteiger partial charge in [-0.25, -0.2) is 4.79 Å². The summed E-state index contributed by atoms with van der Waals surface area (Å²) in [5.41, 5.74) is 1.22. The minimum atomic E-state index is -1.26. The molecule has 6 nitrogen and oxygen atoms in total. The molecule has 1 aromatic carbocycles. The average Bonchev–Trinajstić information content (AvgIpc) is 2.37. The molecule has 0 spiro atoms. The van der Waals surface area contributed by atoms with E-state index in [2.05, 4.69) is 5.32 Å². The van der Waals surface area contributed by atoms with E-state index in [0.717, 1.165) is 5.56 Å². The van der Waals surface area contributed by atoms with Crippen molar-refractivity contribution in [3.05, 3.63) is 29.3 Å². The van der Waals surface area contributed by atoms with Crippen LogP contribution in [0.15, 0.2) is 18.2 Å². The van der Waals surface area contributed by atoms with Crippen LogP contribution in [0.1, 0.15) is 22.3 Å². The molecular formula is C13H15NO5. The highest BCUT2D eigenvalue weighted by atomic mass is 16.5. The summed E-state index contributed by atoms with van der Waals surface area (Å²) in [6.45, 7) is 1.85. The van der Waals surface area contributed by atoms with E-state index < -0.39 is 17.8 Å². The molecule has 1 rings (SSSR count). The number of rotatable bonds is 7. The fourth-order valence-corrected chi connectivity index (χ4v) is 1.62. The van der Waals surface area contributed by atoms with E-state index >= 15 is 0 Å². The third-order valence-electron chi connectivity index (χ3n) is 2.61. The molecule has 1 amide bonds. The van der Waals surface area contributed by atoms with Crippen LogP contribution in [0, 0.1) is 6.92 Å². The molecule has 102 valence electrons. The smallest absolute Gasteiger partial charge is 0.326 e. The van der Waals surface area contributed by atoms with Crippen LogP contribution in [-0.4, -0.2) is 36.4 Å². The Balaban J connectivity index is 2.93. The maximum absolute atomic E-state index is 12.0. The van der Waals surface area contributed by atoms with E-state index in [1.807, 2.05) is 6.92 Å². The topological polar surface area (TPSA) is 92.7 Å². The first-order chi connectivity index (χ1) is 8.99. The van der Waals surface area contributed by atoms with Gasteiger partial charge in [-0.3, -0.25) is 9.59 Å². The molecule has 0 aliphatic heterocycles. The number of carbonyl (C=O) groups excluding carboxylic acids is 2. The summed E-state index contributed by atoms with van der Waals surface area (Å²) in [6.07, 6.45) is -0.0636. The molecule has 19 heavy (non-hydrogen) atoms. The number of benzene rings is 1. The van der Waals surface area contributed by atoms with Gasteiger partial charge >= 0.3 is 5.97 Å². The van der Waals surface area contributed by atoms with E-state index in [-0.39, 0.29) is 12.8 Å². The normalized spacial score (nSPS) is 11.5. The van der Waals surface area contributed by atoms with E-state index in [0.29, 0.717) is 11.3 Å². The van der Waals surface area contributed by atoms with Gasteiger partial charge in [0.2, 0.25) is 6.41 Å². The first-order valence-electron chi connectivity index (χ1n) is 5.60. The SMILES string of the molecule is COc1cc(C)ccc1C(=O)CC(NC=O)C(=O)O. The monoisotopic (exact) mass is 265 g/mol. The number of carbonyl (C=O) groups is 3. The number of hydrogen-bond donors (Lipinski definition) is 2. The Morgan fingerprint density at radius 2 is 2.16 bits per heavy atom. The zero-order valence-corrected chi connectivity index (χ0v) is 10.7. The van der Waals surface area contributed by atoms with Crippen LogP contribution >= 0.6 is 0 Å². The molecule has 1 atom stereocenters. The molecule has 0 fully saturated rings. The molecular weight excluding hydrogens is 250 g/mol. The molecule has 0 aliphatic carbocycles. The molecule has 2 N–H and O–H groups in total. The highest BCUT2D eigenvalue weighted by Gasteiger charge is 2.23. The summed E-state index contributed by atoms with van der Waals surface area (Å²) in [5, 5.41) is 11.0. The van der Waals surface area contributed by atoms with Crippen molar-refractivity contribution in [3.8, 4) is 5.75 Å². The van der Waals surface area contributed by atoms with Gasteiger partial charge in [-0.2, -0.15) is 0 Å². The van der Waals surface area contributed by atoms with E-state index in [1.165, 1.54) is 7.11 Å². The quantitative estimate of drug-likeness (QED) is 0.561. The highest BCUT2D eigenvalue weighted by Crippen LogP contribution is 2.21. The molecule has 0 bridgehead atoms. The number of carboxylic acids is 1. The Bertz CT molecular complexity index is 498. The van der Waals surface area contributed by atoms with Crippen molar-refractivity contribution in [2.24, 2.45) is 0 Å². The second kappa shape index (κ2) is 6.53. The second-order valence-corrected chi connectivity index (χ2v) is 4.01. The third kappa shape index (κ3) is 3.80. The van der Waals surface area contributed by atoms with Crippen LogP contribution in [0.2, 0.25) is 0 Å². The first kappa shape index (κ1) is 14.7. The number of methoxy groups -OCH3 is 1. The Kier molecular flexibility index (Phi) is 5.05. The molecule has 0 saturated carbocycles. The lowest BCUT2D eigenvalue weighted by atomic mass is 10.0. The van der Waals surface area contributed by atoms with Crippen molar-refractivity contribution in [3.63, 3.8) is 0 Å². The molecule has 0 saturated heterocycles. The van der Waals surface area contributed by atoms with Gasteiger partial charge in [0.1, 0.15) is 11.8 Å². The number of aliphatic carboxylic acids is 1. The largest absolute Gasteiger partial charge is 0.496 e. The van der Waals surface area contributed by atoms with Gasteiger partial charge in [-0.15, -0.1) is 0 Å². The van der Waals surface area contributed by atoms with Gasteiger partial charge < -0.3 is 15.2 Å². The summed E-state index contributed by atoms with van der Waals surface area (Å²) in [6, 6.07) is 3.77. The van der Waals surface area contributed by atoms with Gasteiger partial charge in [0.15, 0.2) is 5.78 Å². The lowest BCUT2D eigenvalue weighted by molar-refractivity contribution is -0.140. The van der Waals surface area contributed by atoms with Crippen LogP contribution in [0.5, 0.6) is 5.75 Å². The van der Waals surface area contributed by atoms with E-state index in [9.17, 15) is 14.4 Å². The van der Waals surface area contributed by atoms with Crippen molar-refractivity contribution in [1.82, 2.24) is 5.32 Å². The minimum Gasteiger partial charge on any atom is -0.496 e. The number of amides is 1. The lowest BCUT2D eigenvalue weighted by Crippen LogP contribution is -2.37. The summed E-state index contributed by atoms with van der Waals surface area (Å²) in [4.78, 5) is 33.2. The standard InChI is InChI=1S/C13H15NO5/c1-8-3-4-9(12(5-8)19-2)11(16)6-10(13(17)18)14-7-15/h3-5,7,10H,6H2,1-2H3,(H,14,15)(H,17,18). The summed E-state index contributed by atoms with van der Waals surface area (Å²) < 4.78 is 5.09. The van der Waals surface area contributed by atoms with Crippen molar-refractivity contribution in [2.45, 2.75) is 19.4 Å². The first-order valence-corrected chi connectivity index (χ1v) is 5.60. The van der Waals surface area contributed by atoms with E-state index in [1.54, 1.807) is 18.2 Å². The Labute approximate surface area is 110 Å². The van der Waals surface area contributed by atoms with Crippen molar-refractivity contribution < 1.29 is 24.2 Å². The lowest BCUT2D eigenvalue weighted by Gasteiger charge is -2.12. The van der Waals surface area contributed by atoms with Crippen molar-refractivity contribution >= 4 is 18.2 Å². The molecule has 1 aromatic rings. The molecule has 1 unspecified atom stereocenters. The zero-order valence-electron chi connectivity index (χ0n) is 10.7. The van der Waals surface area contributed by atoms with Gasteiger partial charge in [0.25, 0.3) is 0 Å². The van der Waals surface area contributed by atoms with Gasteiger partial charge in [-0.1, -0.05) is 6.07 Å². The minimum absolute atomic E-state index is 0.262. The molecule has 0 heterocycles. The fourth-order valence-electron chi connectivity index (χ4n) is 1.62.